The summed E-state index contributed by atoms with van der Waals surface area (Å²) in [4.78, 5) is 0. The predicted molar refractivity (Wildman–Crippen MR) is 104 cm³/mol. The predicted octanol–water partition coefficient (Wildman–Crippen LogP) is 3.59. The molecule has 5 nitrogen and oxygen atoms in total. The minimum absolute atomic E-state index is 0.142. The Balaban J connectivity index is 1.97. The van der Waals surface area contributed by atoms with E-state index in [2.05, 4.69) is 27.0 Å². The van der Waals surface area contributed by atoms with Gasteiger partial charge in [0.25, 0.3) is 0 Å². The van der Waals surface area contributed by atoms with Crippen molar-refractivity contribution in [3.8, 4) is 0 Å². The van der Waals surface area contributed by atoms with Gasteiger partial charge in [0.2, 0.25) is 0 Å². The van der Waals surface area contributed by atoms with Crippen molar-refractivity contribution in [2.45, 2.75) is 70.2 Å². The second kappa shape index (κ2) is 6.82. The summed E-state index contributed by atoms with van der Waals surface area (Å²) in [6.45, 7) is 16.2. The van der Waals surface area contributed by atoms with Gasteiger partial charge in [0, 0.05) is 12.5 Å². The highest BCUT2D eigenvalue weighted by molar-refractivity contribution is 5.35. The first kappa shape index (κ1) is 20.7. The lowest BCUT2D eigenvalue weighted by molar-refractivity contribution is -0.167. The van der Waals surface area contributed by atoms with Crippen LogP contribution in [0.4, 0.5) is 0 Å². The van der Waals surface area contributed by atoms with Gasteiger partial charge in [-0.3, -0.25) is 0 Å². The summed E-state index contributed by atoms with van der Waals surface area (Å²) in [6.07, 6.45) is 8.34. The first-order chi connectivity index (χ1) is 12.6. The maximum atomic E-state index is 11.9. The maximum Gasteiger partial charge on any atom is 0.164 e. The minimum atomic E-state index is -1.19. The normalized spacial score (nSPS) is 44.8. The highest BCUT2D eigenvalue weighted by Crippen LogP contribution is 2.71. The smallest absolute Gasteiger partial charge is 0.164 e. The Labute approximate surface area is 163 Å². The monoisotopic (exact) mass is 378 g/mol. The van der Waals surface area contributed by atoms with Crippen LogP contribution in [0.25, 0.3) is 0 Å². The molecule has 0 aromatic heterocycles. The van der Waals surface area contributed by atoms with Crippen molar-refractivity contribution in [3.63, 3.8) is 0 Å². The van der Waals surface area contributed by atoms with Crippen molar-refractivity contribution in [2.75, 3.05) is 13.9 Å². The largest absolute Gasteiger partial charge is 0.382 e. The van der Waals surface area contributed by atoms with E-state index < -0.39 is 16.8 Å². The lowest BCUT2D eigenvalue weighted by atomic mass is 9.62. The molecule has 1 aliphatic heterocycles. The van der Waals surface area contributed by atoms with Gasteiger partial charge in [-0.2, -0.15) is 0 Å². The van der Waals surface area contributed by atoms with Crippen LogP contribution < -0.4 is 0 Å². The molecule has 3 aliphatic rings. The number of hydrogen-bond donors (Lipinski definition) is 1. The number of methoxy groups -OCH3 is 1. The van der Waals surface area contributed by atoms with Crippen molar-refractivity contribution in [1.82, 2.24) is 0 Å². The van der Waals surface area contributed by atoms with E-state index in [0.29, 0.717) is 0 Å². The zero-order valence-electron chi connectivity index (χ0n) is 17.2. The Bertz CT molecular complexity index is 624. The highest BCUT2D eigenvalue weighted by Gasteiger charge is 2.74. The van der Waals surface area contributed by atoms with E-state index in [1.54, 1.807) is 13.2 Å². The lowest BCUT2D eigenvalue weighted by Crippen LogP contribution is -2.53. The summed E-state index contributed by atoms with van der Waals surface area (Å²) < 4.78 is 23.0. The highest BCUT2D eigenvalue weighted by atomic mass is 16.7. The van der Waals surface area contributed by atoms with Crippen molar-refractivity contribution < 1.29 is 24.1 Å². The summed E-state index contributed by atoms with van der Waals surface area (Å²) >= 11 is 0. The minimum Gasteiger partial charge on any atom is -0.382 e. The summed E-state index contributed by atoms with van der Waals surface area (Å²) in [6, 6.07) is 0. The molecule has 152 valence electrons. The average Bonchev–Trinajstić information content (AvgIpc) is 3.10. The summed E-state index contributed by atoms with van der Waals surface area (Å²) in [5.41, 5.74) is -1.81. The molecule has 0 aromatic rings. The van der Waals surface area contributed by atoms with E-state index in [1.807, 2.05) is 32.1 Å². The Morgan fingerprint density at radius 3 is 2.41 bits per heavy atom. The number of ether oxygens (including phenoxy) is 4. The molecule has 3 fully saturated rings. The lowest BCUT2D eigenvalue weighted by Gasteiger charge is -2.46. The Morgan fingerprint density at radius 2 is 1.81 bits per heavy atom. The molecule has 0 aromatic carbocycles. The van der Waals surface area contributed by atoms with Gasteiger partial charge in [0.05, 0.1) is 6.10 Å². The third-order valence-corrected chi connectivity index (χ3v) is 7.09. The summed E-state index contributed by atoms with van der Waals surface area (Å²) in [5.74, 6) is -0.473. The second-order valence-corrected chi connectivity index (χ2v) is 9.02. The molecular formula is C22H34O5. The van der Waals surface area contributed by atoms with Gasteiger partial charge in [0.1, 0.15) is 24.6 Å². The molecule has 0 unspecified atom stereocenters. The molecule has 2 aliphatic carbocycles. The molecule has 3 rings (SSSR count). The molecule has 0 radical (unpaired) electrons. The van der Waals surface area contributed by atoms with Gasteiger partial charge >= 0.3 is 0 Å². The van der Waals surface area contributed by atoms with Gasteiger partial charge in [-0.15, -0.1) is 13.2 Å². The third kappa shape index (κ3) is 2.87. The van der Waals surface area contributed by atoms with Crippen LogP contribution >= 0.6 is 0 Å². The first-order valence-corrected chi connectivity index (χ1v) is 9.72. The van der Waals surface area contributed by atoms with Crippen LogP contribution in [0.5, 0.6) is 0 Å². The fraction of sp³-hybridized carbons (Fsp3) is 0.727. The fourth-order valence-corrected chi connectivity index (χ4v) is 5.75. The number of aliphatic hydroxyl groups is 1. The van der Waals surface area contributed by atoms with E-state index in [0.717, 1.165) is 12.8 Å². The molecular weight excluding hydrogens is 344 g/mol. The molecule has 5 heteroatoms. The number of hydrogen-bond acceptors (Lipinski definition) is 5. The topological polar surface area (TPSA) is 57.2 Å². The van der Waals surface area contributed by atoms with Crippen molar-refractivity contribution in [1.29, 1.82) is 0 Å². The van der Waals surface area contributed by atoms with Crippen LogP contribution in [0.15, 0.2) is 37.5 Å². The van der Waals surface area contributed by atoms with Crippen LogP contribution in [0.3, 0.4) is 0 Å². The van der Waals surface area contributed by atoms with Crippen LogP contribution in [-0.2, 0) is 18.9 Å². The SMILES string of the molecule is C=C[C@H]1OC(C)(C)O[C@H]1/C=C/[C@]1(O)[C@H](OCOC)[C@H]2CC[C@]1(C=C)C2(C)C. The van der Waals surface area contributed by atoms with Crippen LogP contribution in [0.2, 0.25) is 0 Å². The molecule has 0 spiro atoms. The van der Waals surface area contributed by atoms with Crippen molar-refractivity contribution in [2.24, 2.45) is 16.7 Å². The Hall–Kier alpha value is -0.980. The molecule has 2 bridgehead atoms. The maximum absolute atomic E-state index is 11.9. The zero-order chi connectivity index (χ0) is 20.1. The van der Waals surface area contributed by atoms with Crippen LogP contribution in [0.1, 0.15) is 40.5 Å². The molecule has 1 N–H and O–H groups in total. The zero-order valence-corrected chi connectivity index (χ0v) is 17.2. The Kier molecular flexibility index (Phi) is 5.24. The van der Waals surface area contributed by atoms with Crippen molar-refractivity contribution in [3.05, 3.63) is 37.5 Å². The van der Waals surface area contributed by atoms with Crippen LogP contribution in [0, 0.1) is 16.7 Å². The molecule has 1 saturated heterocycles. The van der Waals surface area contributed by atoms with Crippen LogP contribution in [-0.4, -0.2) is 48.7 Å². The Morgan fingerprint density at radius 1 is 1.15 bits per heavy atom. The quantitative estimate of drug-likeness (QED) is 0.542. The third-order valence-electron chi connectivity index (χ3n) is 7.09. The fourth-order valence-electron chi connectivity index (χ4n) is 5.75. The van der Waals surface area contributed by atoms with E-state index >= 15 is 0 Å². The molecule has 2 saturated carbocycles. The van der Waals surface area contributed by atoms with E-state index in [-0.39, 0.29) is 36.4 Å². The van der Waals surface area contributed by atoms with Gasteiger partial charge in [0.15, 0.2) is 5.79 Å². The number of fused-ring (bicyclic) bond motifs is 2. The van der Waals surface area contributed by atoms with E-state index in [1.165, 1.54) is 0 Å². The first-order valence-electron chi connectivity index (χ1n) is 9.72. The summed E-state index contributed by atoms with van der Waals surface area (Å²) in [7, 11) is 1.59. The van der Waals surface area contributed by atoms with Gasteiger partial charge < -0.3 is 24.1 Å². The second-order valence-electron chi connectivity index (χ2n) is 9.02. The number of rotatable bonds is 7. The molecule has 6 atom stereocenters. The van der Waals surface area contributed by atoms with Gasteiger partial charge in [-0.05, 0) is 38.0 Å². The molecule has 0 amide bonds. The standard InChI is InChI=1S/C22H34O5/c1-8-16-17(27-20(5,6)26-16)11-13-22(23)18(25-14-24-7)15-10-12-21(22,9-2)19(15,3)4/h8-9,11,13,15-18,23H,1-2,10,12,14H2,3-7H3/b13-11+/t15-,16-,17+,18-,21-,22+/m1/s1. The molecule has 27 heavy (non-hydrogen) atoms. The molecule has 1 heterocycles. The van der Waals surface area contributed by atoms with E-state index in [4.69, 9.17) is 18.9 Å². The van der Waals surface area contributed by atoms with Gasteiger partial charge in [-0.25, -0.2) is 0 Å². The summed E-state index contributed by atoms with van der Waals surface area (Å²) in [5, 5.41) is 11.9. The van der Waals surface area contributed by atoms with E-state index in [9.17, 15) is 5.11 Å². The van der Waals surface area contributed by atoms with Gasteiger partial charge in [-0.1, -0.05) is 38.2 Å². The average molecular weight is 379 g/mol. The van der Waals surface area contributed by atoms with Crippen molar-refractivity contribution >= 4 is 0 Å².